The first-order valence-electron chi connectivity index (χ1n) is 6.98. The van der Waals surface area contributed by atoms with E-state index in [4.69, 9.17) is 19.8 Å². The van der Waals surface area contributed by atoms with Crippen molar-refractivity contribution in [1.82, 2.24) is 0 Å². The molecule has 2 N–H and O–H groups in total. The van der Waals surface area contributed by atoms with Crippen molar-refractivity contribution in [3.05, 3.63) is 0 Å². The second-order valence-electron chi connectivity index (χ2n) is 4.33. The van der Waals surface area contributed by atoms with Crippen LogP contribution in [0.15, 0.2) is 0 Å². The summed E-state index contributed by atoms with van der Waals surface area (Å²) in [6.07, 6.45) is 10.6. The van der Waals surface area contributed by atoms with Crippen molar-refractivity contribution in [1.29, 1.82) is 5.26 Å². The minimum absolute atomic E-state index is 0.371. The molecule has 0 amide bonds. The number of unbranched alkanes of at least 4 members (excludes halogenated alkanes) is 7. The van der Waals surface area contributed by atoms with Crippen molar-refractivity contribution < 1.29 is 9.05 Å². The highest BCUT2D eigenvalue weighted by atomic mass is 31.2. The van der Waals surface area contributed by atoms with Crippen molar-refractivity contribution in [2.45, 2.75) is 64.7 Å². The van der Waals surface area contributed by atoms with E-state index in [-0.39, 0.29) is 0 Å². The monoisotopic (exact) mass is 274 g/mol. The summed E-state index contributed by atoms with van der Waals surface area (Å²) >= 11 is 0. The van der Waals surface area contributed by atoms with E-state index in [2.05, 4.69) is 6.92 Å². The van der Waals surface area contributed by atoms with Crippen molar-refractivity contribution in [3.8, 4) is 6.07 Å². The Kier molecular flexibility index (Phi) is 14.7. The second kappa shape index (κ2) is 14.9. The standard InChI is InChI=1S/C13H27N2O2P/c1-2-3-4-5-6-7-8-9-12-16-18(15)17-13-10-11-14/h2-10,12-13,15H2,1H3. The zero-order chi connectivity index (χ0) is 13.5. The molecule has 0 heterocycles. The van der Waals surface area contributed by atoms with Crippen LogP contribution in [-0.2, 0) is 9.05 Å². The van der Waals surface area contributed by atoms with Crippen LogP contribution in [0.25, 0.3) is 0 Å². The summed E-state index contributed by atoms with van der Waals surface area (Å²) < 4.78 is 10.5. The molecule has 5 heteroatoms. The highest BCUT2D eigenvalue weighted by Gasteiger charge is 2.02. The summed E-state index contributed by atoms with van der Waals surface area (Å²) in [5.41, 5.74) is 5.62. The van der Waals surface area contributed by atoms with Gasteiger partial charge in [0.1, 0.15) is 0 Å². The Morgan fingerprint density at radius 2 is 1.50 bits per heavy atom. The molecule has 106 valence electrons. The summed E-state index contributed by atoms with van der Waals surface area (Å²) in [6, 6.07) is 2.00. The average Bonchev–Trinajstić information content (AvgIpc) is 2.37. The summed E-state index contributed by atoms with van der Waals surface area (Å²) in [6.45, 7) is 3.28. The van der Waals surface area contributed by atoms with Gasteiger partial charge < -0.3 is 9.05 Å². The van der Waals surface area contributed by atoms with Gasteiger partial charge in [-0.15, -0.1) is 0 Å². The lowest BCUT2D eigenvalue weighted by Gasteiger charge is -2.10. The van der Waals surface area contributed by atoms with Crippen LogP contribution in [0.2, 0.25) is 0 Å². The molecule has 0 saturated heterocycles. The summed E-state index contributed by atoms with van der Waals surface area (Å²) in [4.78, 5) is 0. The SMILES string of the molecule is CCCCCCCCCCOP(N)OCCC#N. The molecule has 0 aliphatic heterocycles. The van der Waals surface area contributed by atoms with Crippen LogP contribution in [0.1, 0.15) is 64.7 Å². The third-order valence-electron chi connectivity index (χ3n) is 2.65. The van der Waals surface area contributed by atoms with Gasteiger partial charge in [0.15, 0.2) is 0 Å². The van der Waals surface area contributed by atoms with E-state index >= 15 is 0 Å². The molecule has 0 aromatic carbocycles. The smallest absolute Gasteiger partial charge is 0.252 e. The minimum Gasteiger partial charge on any atom is -0.322 e. The van der Waals surface area contributed by atoms with Gasteiger partial charge in [-0.1, -0.05) is 51.9 Å². The molecule has 18 heavy (non-hydrogen) atoms. The zero-order valence-electron chi connectivity index (χ0n) is 11.6. The lowest BCUT2D eigenvalue weighted by molar-refractivity contribution is 0.248. The van der Waals surface area contributed by atoms with Gasteiger partial charge in [0, 0.05) is 0 Å². The molecule has 4 nitrogen and oxygen atoms in total. The number of nitrogens with zero attached hydrogens (tertiary/aromatic N) is 1. The zero-order valence-corrected chi connectivity index (χ0v) is 12.5. The van der Waals surface area contributed by atoms with Crippen LogP contribution in [0.3, 0.4) is 0 Å². The van der Waals surface area contributed by atoms with E-state index < -0.39 is 8.53 Å². The summed E-state index contributed by atoms with van der Waals surface area (Å²) in [7, 11) is -1.28. The van der Waals surface area contributed by atoms with E-state index in [1.54, 1.807) is 0 Å². The molecule has 0 saturated carbocycles. The predicted octanol–water partition coefficient (Wildman–Crippen LogP) is 4.26. The third-order valence-corrected chi connectivity index (χ3v) is 3.52. The normalized spacial score (nSPS) is 12.3. The first kappa shape index (κ1) is 17.8. The maximum Gasteiger partial charge on any atom is 0.252 e. The quantitative estimate of drug-likeness (QED) is 0.402. The topological polar surface area (TPSA) is 68.3 Å². The lowest BCUT2D eigenvalue weighted by Crippen LogP contribution is -2.01. The van der Waals surface area contributed by atoms with Gasteiger partial charge in [0.05, 0.1) is 25.7 Å². The third kappa shape index (κ3) is 13.9. The van der Waals surface area contributed by atoms with E-state index in [9.17, 15) is 0 Å². The number of nitriles is 1. The number of hydrogen-bond donors (Lipinski definition) is 1. The van der Waals surface area contributed by atoms with Crippen LogP contribution < -0.4 is 5.50 Å². The molecule has 0 aliphatic carbocycles. The second-order valence-corrected chi connectivity index (χ2v) is 5.42. The Labute approximate surface area is 113 Å². The molecule has 0 aliphatic rings. The van der Waals surface area contributed by atoms with E-state index in [1.807, 2.05) is 6.07 Å². The highest BCUT2D eigenvalue weighted by molar-refractivity contribution is 7.44. The molecule has 0 fully saturated rings. The van der Waals surface area contributed by atoms with Crippen LogP contribution in [0, 0.1) is 11.3 Å². The van der Waals surface area contributed by atoms with Crippen molar-refractivity contribution in [3.63, 3.8) is 0 Å². The van der Waals surface area contributed by atoms with Crippen molar-refractivity contribution in [2.75, 3.05) is 13.2 Å². The predicted molar refractivity (Wildman–Crippen MR) is 75.9 cm³/mol. The minimum atomic E-state index is -1.28. The van der Waals surface area contributed by atoms with Crippen LogP contribution in [-0.4, -0.2) is 13.2 Å². The van der Waals surface area contributed by atoms with Crippen LogP contribution >= 0.6 is 8.53 Å². The van der Waals surface area contributed by atoms with Gasteiger partial charge >= 0.3 is 0 Å². The van der Waals surface area contributed by atoms with Gasteiger partial charge in [-0.2, -0.15) is 5.26 Å². The van der Waals surface area contributed by atoms with Gasteiger partial charge in [0.25, 0.3) is 8.53 Å². The average molecular weight is 274 g/mol. The largest absolute Gasteiger partial charge is 0.322 e. The molecule has 0 aromatic rings. The fourth-order valence-electron chi connectivity index (χ4n) is 1.61. The van der Waals surface area contributed by atoms with Gasteiger partial charge in [-0.25, -0.2) is 0 Å². The van der Waals surface area contributed by atoms with Gasteiger partial charge in [0.2, 0.25) is 0 Å². The lowest BCUT2D eigenvalue weighted by atomic mass is 10.1. The molecule has 0 rings (SSSR count). The first-order chi connectivity index (χ1) is 8.81. The summed E-state index contributed by atoms with van der Waals surface area (Å²) in [5, 5.41) is 8.33. The first-order valence-corrected chi connectivity index (χ1v) is 8.23. The summed E-state index contributed by atoms with van der Waals surface area (Å²) in [5.74, 6) is 0. The molecular formula is C13H27N2O2P. The van der Waals surface area contributed by atoms with Crippen molar-refractivity contribution in [2.24, 2.45) is 5.50 Å². The Morgan fingerprint density at radius 3 is 2.11 bits per heavy atom. The molecular weight excluding hydrogens is 247 g/mol. The molecule has 0 spiro atoms. The Bertz CT molecular complexity index is 210. The molecule has 0 radical (unpaired) electrons. The maximum atomic E-state index is 8.33. The van der Waals surface area contributed by atoms with Crippen LogP contribution in [0.5, 0.6) is 0 Å². The Hall–Kier alpha value is -0.200. The van der Waals surface area contributed by atoms with E-state index in [0.717, 1.165) is 6.42 Å². The van der Waals surface area contributed by atoms with Gasteiger partial charge in [-0.3, -0.25) is 5.50 Å². The Morgan fingerprint density at radius 1 is 0.944 bits per heavy atom. The number of rotatable bonds is 13. The van der Waals surface area contributed by atoms with Gasteiger partial charge in [-0.05, 0) is 6.42 Å². The molecule has 1 unspecified atom stereocenters. The fourth-order valence-corrected chi connectivity index (χ4v) is 2.26. The highest BCUT2D eigenvalue weighted by Crippen LogP contribution is 2.28. The number of hydrogen-bond acceptors (Lipinski definition) is 4. The van der Waals surface area contributed by atoms with Crippen molar-refractivity contribution >= 4 is 8.53 Å². The molecule has 1 atom stereocenters. The van der Waals surface area contributed by atoms with Crippen LogP contribution in [0.4, 0.5) is 0 Å². The fraction of sp³-hybridized carbons (Fsp3) is 0.923. The van der Waals surface area contributed by atoms with E-state index in [1.165, 1.54) is 44.9 Å². The number of nitrogens with two attached hydrogens (primary N) is 1. The maximum absolute atomic E-state index is 8.33. The molecule has 0 aromatic heterocycles. The van der Waals surface area contributed by atoms with E-state index in [0.29, 0.717) is 19.6 Å². The Balaban J connectivity index is 3.08. The molecule has 0 bridgehead atoms.